The number of rotatable bonds is 3. The van der Waals surface area contributed by atoms with E-state index in [1.54, 1.807) is 42.4 Å². The number of fused-ring (bicyclic) bond motifs is 1. The Morgan fingerprint density at radius 1 is 1.35 bits per heavy atom. The largest absolute Gasteiger partial charge is 0.469 e. The Kier molecular flexibility index (Phi) is 4.46. The summed E-state index contributed by atoms with van der Waals surface area (Å²) in [6.07, 6.45) is 6.08. The van der Waals surface area contributed by atoms with E-state index in [4.69, 9.17) is 9.15 Å². The van der Waals surface area contributed by atoms with Crippen molar-refractivity contribution in [1.29, 1.82) is 0 Å². The molecule has 3 atom stereocenters. The van der Waals surface area contributed by atoms with Gasteiger partial charge in [-0.3, -0.25) is 14.6 Å². The molecule has 0 unspecified atom stereocenters. The Morgan fingerprint density at radius 2 is 2.23 bits per heavy atom. The second-order valence-corrected chi connectivity index (χ2v) is 6.78. The lowest BCUT2D eigenvalue weighted by Gasteiger charge is -2.40. The number of hydrogen-bond donors (Lipinski definition) is 1. The Bertz CT molecular complexity index is 804. The molecule has 2 saturated heterocycles. The zero-order valence-corrected chi connectivity index (χ0v) is 14.6. The maximum absolute atomic E-state index is 13.0. The molecule has 0 bridgehead atoms. The molecule has 2 aliphatic rings. The Morgan fingerprint density at radius 3 is 2.96 bits per heavy atom. The highest BCUT2D eigenvalue weighted by Gasteiger charge is 2.44. The molecule has 7 heteroatoms. The highest BCUT2D eigenvalue weighted by Crippen LogP contribution is 2.33. The number of anilines is 1. The average Bonchev–Trinajstić information content (AvgIpc) is 3.29. The zero-order valence-electron chi connectivity index (χ0n) is 14.6. The fourth-order valence-corrected chi connectivity index (χ4v) is 3.81. The van der Waals surface area contributed by atoms with Crippen LogP contribution in [0, 0.1) is 12.8 Å². The van der Waals surface area contributed by atoms with Gasteiger partial charge in [0.15, 0.2) is 0 Å². The van der Waals surface area contributed by atoms with E-state index >= 15 is 0 Å². The number of furan rings is 1. The Labute approximate surface area is 151 Å². The summed E-state index contributed by atoms with van der Waals surface area (Å²) in [6.45, 7) is 2.76. The number of carbonyl (C=O) groups excluding carboxylic acids is 2. The number of ether oxygens (including phenoxy) is 1. The van der Waals surface area contributed by atoms with E-state index in [2.05, 4.69) is 10.3 Å². The molecule has 2 amide bonds. The number of amides is 2. The van der Waals surface area contributed by atoms with E-state index in [1.165, 1.54) is 6.26 Å². The standard InChI is InChI=1S/C19H21N3O4/c1-12-15(4-7-25-12)19(24)22-11-13(9-17-16(22)5-8-26-17)18(23)21-14-3-2-6-20-10-14/h2-4,6-7,10,13,16-17H,5,8-9,11H2,1H3,(H,21,23)/t13-,16+,17+/m1/s1. The molecule has 0 spiro atoms. The van der Waals surface area contributed by atoms with Crippen molar-refractivity contribution >= 4 is 17.5 Å². The highest BCUT2D eigenvalue weighted by atomic mass is 16.5. The van der Waals surface area contributed by atoms with Crippen molar-refractivity contribution in [1.82, 2.24) is 9.88 Å². The lowest BCUT2D eigenvalue weighted by molar-refractivity contribution is -0.123. The molecule has 2 aliphatic heterocycles. The molecule has 4 heterocycles. The number of aryl methyl sites for hydroxylation is 1. The number of nitrogens with zero attached hydrogens (tertiary/aromatic N) is 2. The van der Waals surface area contributed by atoms with Gasteiger partial charge in [0.25, 0.3) is 5.91 Å². The van der Waals surface area contributed by atoms with Crippen LogP contribution in [0.2, 0.25) is 0 Å². The van der Waals surface area contributed by atoms with Crippen molar-refractivity contribution in [2.75, 3.05) is 18.5 Å². The average molecular weight is 355 g/mol. The van der Waals surface area contributed by atoms with Crippen LogP contribution in [0.15, 0.2) is 41.3 Å². The number of hydrogen-bond acceptors (Lipinski definition) is 5. The van der Waals surface area contributed by atoms with E-state index in [-0.39, 0.29) is 29.9 Å². The van der Waals surface area contributed by atoms with Gasteiger partial charge in [-0.2, -0.15) is 0 Å². The van der Waals surface area contributed by atoms with Crippen LogP contribution in [-0.4, -0.2) is 47.0 Å². The lowest BCUT2D eigenvalue weighted by atomic mass is 9.88. The van der Waals surface area contributed by atoms with Crippen LogP contribution in [0.25, 0.3) is 0 Å². The number of piperidine rings is 1. The maximum atomic E-state index is 13.0. The van der Waals surface area contributed by atoms with Crippen molar-refractivity contribution in [3.8, 4) is 0 Å². The molecule has 0 aliphatic carbocycles. The second kappa shape index (κ2) is 6.92. The summed E-state index contributed by atoms with van der Waals surface area (Å²) in [4.78, 5) is 31.5. The monoisotopic (exact) mass is 355 g/mol. The molecule has 2 fully saturated rings. The third kappa shape index (κ3) is 3.10. The summed E-state index contributed by atoms with van der Waals surface area (Å²) in [6, 6.07) is 5.26. The van der Waals surface area contributed by atoms with Crippen LogP contribution >= 0.6 is 0 Å². The molecular weight excluding hydrogens is 334 g/mol. The van der Waals surface area contributed by atoms with E-state index in [0.717, 1.165) is 6.42 Å². The second-order valence-electron chi connectivity index (χ2n) is 6.78. The first-order valence-corrected chi connectivity index (χ1v) is 8.81. The maximum Gasteiger partial charge on any atom is 0.257 e. The Balaban J connectivity index is 1.53. The molecule has 0 saturated carbocycles. The summed E-state index contributed by atoms with van der Waals surface area (Å²) < 4.78 is 11.1. The van der Waals surface area contributed by atoms with Gasteiger partial charge in [-0.25, -0.2) is 0 Å². The number of nitrogens with one attached hydrogen (secondary N) is 1. The fourth-order valence-electron chi connectivity index (χ4n) is 3.81. The van der Waals surface area contributed by atoms with Crippen LogP contribution in [0.1, 0.15) is 29.0 Å². The van der Waals surface area contributed by atoms with Crippen LogP contribution in [-0.2, 0) is 9.53 Å². The summed E-state index contributed by atoms with van der Waals surface area (Å²) in [5.74, 6) is 0.0439. The minimum Gasteiger partial charge on any atom is -0.469 e. The van der Waals surface area contributed by atoms with Crippen molar-refractivity contribution in [2.24, 2.45) is 5.92 Å². The van der Waals surface area contributed by atoms with E-state index < -0.39 is 0 Å². The first-order valence-electron chi connectivity index (χ1n) is 8.81. The van der Waals surface area contributed by atoms with Crippen molar-refractivity contribution in [3.05, 3.63) is 48.2 Å². The minimum absolute atomic E-state index is 0.0132. The summed E-state index contributed by atoms with van der Waals surface area (Å²) in [5.41, 5.74) is 1.19. The SMILES string of the molecule is Cc1occc1C(=O)N1C[C@H](C(=O)Nc2cccnc2)C[C@@H]2OCC[C@@H]21. The predicted molar refractivity (Wildman–Crippen MR) is 93.6 cm³/mol. The van der Waals surface area contributed by atoms with E-state index in [9.17, 15) is 9.59 Å². The van der Waals surface area contributed by atoms with Crippen molar-refractivity contribution in [2.45, 2.75) is 31.9 Å². The van der Waals surface area contributed by atoms with Gasteiger partial charge in [0.05, 0.1) is 41.8 Å². The molecule has 7 nitrogen and oxygen atoms in total. The van der Waals surface area contributed by atoms with Gasteiger partial charge >= 0.3 is 0 Å². The van der Waals surface area contributed by atoms with Gasteiger partial charge in [0, 0.05) is 19.3 Å². The molecule has 2 aromatic heterocycles. The lowest BCUT2D eigenvalue weighted by Crippen LogP contribution is -2.54. The number of carbonyl (C=O) groups is 2. The normalized spacial score (nSPS) is 25.0. The first-order chi connectivity index (χ1) is 12.6. The smallest absolute Gasteiger partial charge is 0.257 e. The van der Waals surface area contributed by atoms with Gasteiger partial charge in [-0.05, 0) is 38.0 Å². The quantitative estimate of drug-likeness (QED) is 0.913. The summed E-state index contributed by atoms with van der Waals surface area (Å²) >= 11 is 0. The third-order valence-corrected chi connectivity index (χ3v) is 5.16. The topological polar surface area (TPSA) is 84.7 Å². The zero-order chi connectivity index (χ0) is 18.1. The van der Waals surface area contributed by atoms with Gasteiger partial charge in [0.1, 0.15) is 5.76 Å². The van der Waals surface area contributed by atoms with Crippen LogP contribution in [0.5, 0.6) is 0 Å². The van der Waals surface area contributed by atoms with Crippen LogP contribution < -0.4 is 5.32 Å². The minimum atomic E-state index is -0.328. The molecule has 4 rings (SSSR count). The van der Waals surface area contributed by atoms with Gasteiger partial charge in [-0.1, -0.05) is 0 Å². The highest BCUT2D eigenvalue weighted by molar-refractivity contribution is 5.97. The van der Waals surface area contributed by atoms with Gasteiger partial charge in [0.2, 0.25) is 5.91 Å². The van der Waals surface area contributed by atoms with Gasteiger partial charge < -0.3 is 19.4 Å². The fraction of sp³-hybridized carbons (Fsp3) is 0.421. The third-order valence-electron chi connectivity index (χ3n) is 5.16. The predicted octanol–water partition coefficient (Wildman–Crippen LogP) is 2.24. The number of likely N-dealkylation sites (tertiary alicyclic amines) is 1. The molecular formula is C19H21N3O4. The van der Waals surface area contributed by atoms with E-state index in [0.29, 0.717) is 36.6 Å². The molecule has 1 N–H and O–H groups in total. The number of pyridine rings is 1. The van der Waals surface area contributed by atoms with Crippen LogP contribution in [0.4, 0.5) is 5.69 Å². The van der Waals surface area contributed by atoms with Crippen LogP contribution in [0.3, 0.4) is 0 Å². The first kappa shape index (κ1) is 16.8. The number of aromatic nitrogens is 1. The molecule has 26 heavy (non-hydrogen) atoms. The van der Waals surface area contributed by atoms with E-state index in [1.807, 2.05) is 0 Å². The molecule has 0 radical (unpaired) electrons. The molecule has 2 aromatic rings. The van der Waals surface area contributed by atoms with Gasteiger partial charge in [-0.15, -0.1) is 0 Å². The molecule has 136 valence electrons. The summed E-state index contributed by atoms with van der Waals surface area (Å²) in [7, 11) is 0. The summed E-state index contributed by atoms with van der Waals surface area (Å²) in [5, 5.41) is 2.88. The Hall–Kier alpha value is -2.67. The molecule has 0 aromatic carbocycles. The van der Waals surface area contributed by atoms with Crippen molar-refractivity contribution < 1.29 is 18.7 Å². The van der Waals surface area contributed by atoms with Crippen molar-refractivity contribution in [3.63, 3.8) is 0 Å².